The van der Waals surface area contributed by atoms with Gasteiger partial charge in [-0.15, -0.1) is 0 Å². The van der Waals surface area contributed by atoms with Crippen LogP contribution in [0, 0.1) is 0 Å². The molecule has 4 N–H and O–H groups in total. The predicted octanol–water partition coefficient (Wildman–Crippen LogP) is 0.336. The zero-order valence-electron chi connectivity index (χ0n) is 13.4. The Kier molecular flexibility index (Phi) is 14.4. The fourth-order valence-corrected chi connectivity index (χ4v) is 2.51. The largest absolute Gasteiger partial charge is 0.444 e. The van der Waals surface area contributed by atoms with Crippen molar-refractivity contribution in [3.8, 4) is 0 Å². The summed E-state index contributed by atoms with van der Waals surface area (Å²) in [5, 5.41) is 23.5. The van der Waals surface area contributed by atoms with E-state index in [2.05, 4.69) is 10.6 Å². The smallest absolute Gasteiger partial charge is 0.407 e. The second-order valence-corrected chi connectivity index (χ2v) is 7.10. The Labute approximate surface area is 144 Å². The maximum absolute atomic E-state index is 11.4. The van der Waals surface area contributed by atoms with Crippen LogP contribution in [-0.4, -0.2) is 72.9 Å². The predicted molar refractivity (Wildman–Crippen MR) is 91.2 cm³/mol. The van der Waals surface area contributed by atoms with E-state index >= 15 is 0 Å². The molecule has 0 fully saturated rings. The molecule has 0 bridgehead atoms. The van der Waals surface area contributed by atoms with Crippen LogP contribution in [0.1, 0.15) is 19.8 Å². The molecule has 8 nitrogen and oxygen atoms in total. The third-order valence-corrected chi connectivity index (χ3v) is 4.43. The summed E-state index contributed by atoms with van der Waals surface area (Å²) < 4.78 is 9.78. The molecule has 0 radical (unpaired) electrons. The number of aliphatic hydroxyl groups is 2. The van der Waals surface area contributed by atoms with Gasteiger partial charge in [0.25, 0.3) is 0 Å². The van der Waals surface area contributed by atoms with Gasteiger partial charge in [-0.3, -0.25) is 4.79 Å². The Hall–Kier alpha value is -0.680. The van der Waals surface area contributed by atoms with E-state index in [4.69, 9.17) is 14.6 Å². The summed E-state index contributed by atoms with van der Waals surface area (Å²) in [7, 11) is 3.29. The minimum absolute atomic E-state index is 0.144. The van der Waals surface area contributed by atoms with Crippen molar-refractivity contribution in [2.75, 3.05) is 38.3 Å². The normalized spacial score (nSPS) is 13.2. The summed E-state index contributed by atoms with van der Waals surface area (Å²) >= 11 is 0. The maximum Gasteiger partial charge on any atom is 0.407 e. The zero-order chi connectivity index (χ0) is 17.5. The molecule has 0 aromatic heterocycles. The van der Waals surface area contributed by atoms with E-state index in [1.54, 1.807) is 28.5 Å². The van der Waals surface area contributed by atoms with Gasteiger partial charge in [0.15, 0.2) is 6.29 Å². The number of rotatable bonds is 13. The summed E-state index contributed by atoms with van der Waals surface area (Å²) in [5.74, 6) is 0.677. The maximum atomic E-state index is 11.4. The Morgan fingerprint density at radius 3 is 2.61 bits per heavy atom. The van der Waals surface area contributed by atoms with Crippen molar-refractivity contribution in [3.05, 3.63) is 0 Å². The second-order valence-electron chi connectivity index (χ2n) is 4.42. The first kappa shape index (κ1) is 22.3. The van der Waals surface area contributed by atoms with Gasteiger partial charge in [0.05, 0.1) is 12.7 Å². The summed E-state index contributed by atoms with van der Waals surface area (Å²) in [6.45, 7) is 1.96. The minimum Gasteiger partial charge on any atom is -0.444 e. The number of alkyl carbamates (subject to hydrolysis) is 1. The van der Waals surface area contributed by atoms with Crippen LogP contribution in [0.5, 0.6) is 0 Å². The van der Waals surface area contributed by atoms with Crippen LogP contribution >= 0.6 is 21.6 Å². The van der Waals surface area contributed by atoms with Gasteiger partial charge in [0, 0.05) is 25.3 Å². The van der Waals surface area contributed by atoms with Crippen LogP contribution in [0.15, 0.2) is 0 Å². The average molecular weight is 370 g/mol. The van der Waals surface area contributed by atoms with Crippen LogP contribution in [0.3, 0.4) is 0 Å². The lowest BCUT2D eigenvalue weighted by Crippen LogP contribution is -2.34. The molecule has 0 aliphatic heterocycles. The lowest BCUT2D eigenvalue weighted by atomic mass is 10.3. The zero-order valence-corrected chi connectivity index (χ0v) is 15.1. The number of carbonyl (C=O) groups excluding carboxylic acids is 2. The van der Waals surface area contributed by atoms with Gasteiger partial charge in [0.2, 0.25) is 5.91 Å². The molecule has 0 spiro atoms. The minimum atomic E-state index is -1.30. The lowest BCUT2D eigenvalue weighted by Gasteiger charge is -2.18. The molecule has 2 atom stereocenters. The molecule has 0 saturated carbocycles. The third kappa shape index (κ3) is 13.5. The van der Waals surface area contributed by atoms with Crippen molar-refractivity contribution in [1.82, 2.24) is 10.6 Å². The van der Waals surface area contributed by atoms with Crippen LogP contribution < -0.4 is 10.6 Å². The van der Waals surface area contributed by atoms with E-state index < -0.39 is 18.5 Å². The first-order valence-corrected chi connectivity index (χ1v) is 10.0. The Morgan fingerprint density at radius 1 is 1.26 bits per heavy atom. The lowest BCUT2D eigenvalue weighted by molar-refractivity contribution is -0.165. The molecule has 0 aliphatic rings. The molecule has 0 heterocycles. The van der Waals surface area contributed by atoms with Crippen molar-refractivity contribution in [2.45, 2.75) is 32.2 Å². The van der Waals surface area contributed by atoms with Crippen LogP contribution in [0.4, 0.5) is 4.79 Å². The van der Waals surface area contributed by atoms with Gasteiger partial charge in [-0.1, -0.05) is 28.5 Å². The average Bonchev–Trinajstić information content (AvgIpc) is 2.54. The molecule has 2 unspecified atom stereocenters. The van der Waals surface area contributed by atoms with Crippen molar-refractivity contribution in [2.24, 2.45) is 0 Å². The van der Waals surface area contributed by atoms with E-state index in [1.165, 1.54) is 0 Å². The number of nitrogens with one attached hydrogen (secondary N) is 2. The highest BCUT2D eigenvalue weighted by atomic mass is 33.1. The number of amides is 2. The number of hydrogen-bond acceptors (Lipinski definition) is 8. The number of hydrogen-bond donors (Lipinski definition) is 4. The second kappa shape index (κ2) is 14.9. The van der Waals surface area contributed by atoms with Gasteiger partial charge in [-0.2, -0.15) is 0 Å². The van der Waals surface area contributed by atoms with Crippen LogP contribution in [-0.2, 0) is 14.3 Å². The van der Waals surface area contributed by atoms with Crippen molar-refractivity contribution < 1.29 is 29.3 Å². The number of carbonyl (C=O) groups is 2. The molecule has 0 aromatic rings. The Balaban J connectivity index is 3.65. The van der Waals surface area contributed by atoms with Gasteiger partial charge in [-0.25, -0.2) is 4.79 Å². The molecular formula is C13H26N2O6S2. The number of aliphatic hydroxyl groups excluding tert-OH is 2. The molecule has 10 heteroatoms. The summed E-state index contributed by atoms with van der Waals surface area (Å²) in [5.41, 5.74) is 0. The van der Waals surface area contributed by atoms with E-state index in [0.717, 1.165) is 5.75 Å². The quantitative estimate of drug-likeness (QED) is 0.208. The summed E-state index contributed by atoms with van der Waals surface area (Å²) in [4.78, 5) is 22.8. The van der Waals surface area contributed by atoms with Crippen molar-refractivity contribution in [3.63, 3.8) is 0 Å². The summed E-state index contributed by atoms with van der Waals surface area (Å²) in [6, 6.07) is 0. The monoisotopic (exact) mass is 370 g/mol. The van der Waals surface area contributed by atoms with Gasteiger partial charge >= 0.3 is 6.09 Å². The molecule has 23 heavy (non-hydrogen) atoms. The molecule has 0 saturated heterocycles. The van der Waals surface area contributed by atoms with Gasteiger partial charge in [-0.05, 0) is 12.7 Å². The topological polar surface area (TPSA) is 117 Å². The van der Waals surface area contributed by atoms with E-state index in [-0.39, 0.29) is 32.1 Å². The number of ether oxygens (including phenoxy) is 2. The first-order chi connectivity index (χ1) is 11.0. The van der Waals surface area contributed by atoms with Gasteiger partial charge in [0.1, 0.15) is 6.61 Å². The Bertz CT molecular complexity index is 332. The fourth-order valence-electron chi connectivity index (χ4n) is 1.41. The Morgan fingerprint density at radius 2 is 2.00 bits per heavy atom. The molecule has 2 amide bonds. The van der Waals surface area contributed by atoms with E-state index in [0.29, 0.717) is 13.0 Å². The third-order valence-electron chi connectivity index (χ3n) is 2.61. The molecule has 0 aliphatic carbocycles. The standard InChI is InChI=1S/C13H26N2O6S2/c1-3-10(8-16)21-12(18)9-20-13(19)15-5-4-11(17)14-6-7-23-22-2/h10,12,16,18H,3-9H2,1-2H3,(H,14,17)(H,15,19). The highest BCUT2D eigenvalue weighted by molar-refractivity contribution is 8.76. The highest BCUT2D eigenvalue weighted by Gasteiger charge is 2.14. The van der Waals surface area contributed by atoms with E-state index in [1.807, 2.05) is 6.26 Å². The van der Waals surface area contributed by atoms with Crippen LogP contribution in [0.25, 0.3) is 0 Å². The highest BCUT2D eigenvalue weighted by Crippen LogP contribution is 2.14. The van der Waals surface area contributed by atoms with Crippen molar-refractivity contribution >= 4 is 33.6 Å². The summed E-state index contributed by atoms with van der Waals surface area (Å²) in [6.07, 6.45) is 0.122. The molecule has 136 valence electrons. The van der Waals surface area contributed by atoms with Gasteiger partial charge < -0.3 is 30.3 Å². The SMILES string of the molecule is CCC(CO)OC(O)COC(=O)NCCC(=O)NCCSSC. The van der Waals surface area contributed by atoms with Crippen LogP contribution in [0.2, 0.25) is 0 Å². The first-order valence-electron chi connectivity index (χ1n) is 7.30. The molecular weight excluding hydrogens is 344 g/mol. The van der Waals surface area contributed by atoms with E-state index in [9.17, 15) is 14.7 Å². The molecule has 0 rings (SSSR count). The van der Waals surface area contributed by atoms with Crippen molar-refractivity contribution in [1.29, 1.82) is 0 Å². The molecule has 0 aromatic carbocycles. The fraction of sp³-hybridized carbons (Fsp3) is 0.846.